The van der Waals surface area contributed by atoms with Gasteiger partial charge in [0.25, 0.3) is 0 Å². The number of hydrogen-bond donors (Lipinski definition) is 0. The minimum absolute atomic E-state index is 0.00981. The number of hydrogen-bond acceptors (Lipinski definition) is 6. The lowest BCUT2D eigenvalue weighted by Gasteiger charge is -2.10. The Labute approximate surface area is 144 Å². The quantitative estimate of drug-likeness (QED) is 0.566. The molecule has 0 fully saturated rings. The largest absolute Gasteiger partial charge is 0.497 e. The topological polar surface area (TPSA) is 71.1 Å². The molecule has 0 aromatic heterocycles. The normalized spacial score (nSPS) is 10.1. The highest BCUT2D eigenvalue weighted by molar-refractivity contribution is 6.01. The molecule has 25 heavy (non-hydrogen) atoms. The van der Waals surface area contributed by atoms with Crippen LogP contribution in [-0.2, 0) is 4.74 Å². The SMILES string of the molecule is COc1ccc(C(=O)COC(=O)c2ccc(OC)c(F)c2)c(OC)c1. The van der Waals surface area contributed by atoms with E-state index in [4.69, 9.17) is 18.9 Å². The number of halogens is 1. The van der Waals surface area contributed by atoms with Gasteiger partial charge >= 0.3 is 5.97 Å². The average molecular weight is 348 g/mol. The molecule has 2 rings (SSSR count). The lowest BCUT2D eigenvalue weighted by Crippen LogP contribution is -2.15. The molecule has 0 saturated carbocycles. The number of carbonyl (C=O) groups is 2. The van der Waals surface area contributed by atoms with Gasteiger partial charge < -0.3 is 18.9 Å². The summed E-state index contributed by atoms with van der Waals surface area (Å²) in [6.07, 6.45) is 0. The number of esters is 1. The van der Waals surface area contributed by atoms with Gasteiger partial charge in [-0.25, -0.2) is 9.18 Å². The Balaban J connectivity index is 2.07. The first-order valence-electron chi connectivity index (χ1n) is 7.26. The smallest absolute Gasteiger partial charge is 0.338 e. The first kappa shape index (κ1) is 18.3. The fraction of sp³-hybridized carbons (Fsp3) is 0.222. The van der Waals surface area contributed by atoms with Gasteiger partial charge in [0, 0.05) is 6.07 Å². The third-order valence-electron chi connectivity index (χ3n) is 3.43. The highest BCUT2D eigenvalue weighted by Gasteiger charge is 2.17. The van der Waals surface area contributed by atoms with Crippen molar-refractivity contribution >= 4 is 11.8 Å². The van der Waals surface area contributed by atoms with Crippen LogP contribution in [0.25, 0.3) is 0 Å². The molecule has 0 saturated heterocycles. The van der Waals surface area contributed by atoms with E-state index in [2.05, 4.69) is 0 Å². The zero-order valence-electron chi connectivity index (χ0n) is 14.0. The van der Waals surface area contributed by atoms with E-state index < -0.39 is 24.2 Å². The highest BCUT2D eigenvalue weighted by Crippen LogP contribution is 2.25. The summed E-state index contributed by atoms with van der Waals surface area (Å²) >= 11 is 0. The molecule has 0 atom stereocenters. The molecule has 0 unspecified atom stereocenters. The van der Waals surface area contributed by atoms with Crippen molar-refractivity contribution in [2.24, 2.45) is 0 Å². The van der Waals surface area contributed by atoms with E-state index in [9.17, 15) is 14.0 Å². The number of carbonyl (C=O) groups excluding carboxylic acids is 2. The van der Waals surface area contributed by atoms with Gasteiger partial charge in [0.05, 0.1) is 32.5 Å². The number of methoxy groups -OCH3 is 3. The number of ether oxygens (including phenoxy) is 4. The van der Waals surface area contributed by atoms with Crippen LogP contribution in [0, 0.1) is 5.82 Å². The third kappa shape index (κ3) is 4.26. The van der Waals surface area contributed by atoms with Crippen LogP contribution in [0.3, 0.4) is 0 Å². The molecule has 0 aliphatic heterocycles. The van der Waals surface area contributed by atoms with Crippen LogP contribution in [0.2, 0.25) is 0 Å². The first-order chi connectivity index (χ1) is 12.0. The fourth-order valence-corrected chi connectivity index (χ4v) is 2.11. The molecule has 2 aromatic rings. The van der Waals surface area contributed by atoms with Gasteiger partial charge in [-0.1, -0.05) is 0 Å². The molecule has 0 spiro atoms. The maximum atomic E-state index is 13.6. The number of ketones is 1. The maximum Gasteiger partial charge on any atom is 0.338 e. The van der Waals surface area contributed by atoms with Crippen molar-refractivity contribution < 1.29 is 32.9 Å². The van der Waals surface area contributed by atoms with Crippen LogP contribution in [0.5, 0.6) is 17.2 Å². The molecule has 0 radical (unpaired) electrons. The number of benzene rings is 2. The molecule has 0 heterocycles. The van der Waals surface area contributed by atoms with Gasteiger partial charge in [-0.15, -0.1) is 0 Å². The minimum Gasteiger partial charge on any atom is -0.497 e. The van der Waals surface area contributed by atoms with Crippen LogP contribution in [0.4, 0.5) is 4.39 Å². The molecule has 2 aromatic carbocycles. The standard InChI is InChI=1S/C18H17FO6/c1-22-12-5-6-13(17(9-12)24-3)15(20)10-25-18(21)11-4-7-16(23-2)14(19)8-11/h4-9H,10H2,1-3H3. The Bertz CT molecular complexity index is 787. The Morgan fingerprint density at radius 2 is 1.64 bits per heavy atom. The molecule has 0 N–H and O–H groups in total. The molecule has 6 nitrogen and oxygen atoms in total. The molecule has 0 aliphatic rings. The van der Waals surface area contributed by atoms with Crippen molar-refractivity contribution in [1.29, 1.82) is 0 Å². The summed E-state index contributed by atoms with van der Waals surface area (Å²) in [5, 5.41) is 0. The Morgan fingerprint density at radius 1 is 0.920 bits per heavy atom. The van der Waals surface area contributed by atoms with Gasteiger partial charge in [0.2, 0.25) is 5.78 Å². The van der Waals surface area contributed by atoms with Crippen molar-refractivity contribution in [3.8, 4) is 17.2 Å². The lowest BCUT2D eigenvalue weighted by atomic mass is 10.1. The predicted octanol–water partition coefficient (Wildman–Crippen LogP) is 2.89. The Morgan fingerprint density at radius 3 is 2.24 bits per heavy atom. The maximum absolute atomic E-state index is 13.6. The van der Waals surface area contributed by atoms with Gasteiger partial charge in [0.1, 0.15) is 11.5 Å². The van der Waals surface area contributed by atoms with Crippen LogP contribution in [-0.4, -0.2) is 39.7 Å². The van der Waals surface area contributed by atoms with Crippen molar-refractivity contribution in [3.63, 3.8) is 0 Å². The van der Waals surface area contributed by atoms with E-state index in [0.717, 1.165) is 6.07 Å². The zero-order chi connectivity index (χ0) is 18.4. The summed E-state index contributed by atoms with van der Waals surface area (Å²) in [6, 6.07) is 8.30. The average Bonchev–Trinajstić information content (AvgIpc) is 2.65. The van der Waals surface area contributed by atoms with Gasteiger partial charge in [0.15, 0.2) is 18.2 Å². The van der Waals surface area contributed by atoms with E-state index in [1.54, 1.807) is 12.1 Å². The van der Waals surface area contributed by atoms with Crippen molar-refractivity contribution in [2.45, 2.75) is 0 Å². The highest BCUT2D eigenvalue weighted by atomic mass is 19.1. The van der Waals surface area contributed by atoms with Crippen LogP contribution in [0.15, 0.2) is 36.4 Å². The Kier molecular flexibility index (Phi) is 5.94. The molecule has 132 valence electrons. The summed E-state index contributed by atoms with van der Waals surface area (Å²) < 4.78 is 33.5. The number of rotatable bonds is 7. The second kappa shape index (κ2) is 8.14. The lowest BCUT2D eigenvalue weighted by molar-refractivity contribution is 0.0473. The van der Waals surface area contributed by atoms with E-state index in [1.807, 2.05) is 0 Å². The monoisotopic (exact) mass is 348 g/mol. The minimum atomic E-state index is -0.817. The van der Waals surface area contributed by atoms with E-state index in [0.29, 0.717) is 11.5 Å². The molecular formula is C18H17FO6. The third-order valence-corrected chi connectivity index (χ3v) is 3.43. The summed E-state index contributed by atoms with van der Waals surface area (Å²) in [5.74, 6) is -1.13. The predicted molar refractivity (Wildman–Crippen MR) is 87.1 cm³/mol. The van der Waals surface area contributed by atoms with Crippen molar-refractivity contribution in [2.75, 3.05) is 27.9 Å². The molecular weight excluding hydrogens is 331 g/mol. The van der Waals surface area contributed by atoms with Crippen LogP contribution >= 0.6 is 0 Å². The molecule has 0 bridgehead atoms. The molecule has 7 heteroatoms. The number of Topliss-reactive ketones (excluding diaryl/α,β-unsaturated/α-hetero) is 1. The fourth-order valence-electron chi connectivity index (χ4n) is 2.11. The van der Waals surface area contributed by atoms with Crippen molar-refractivity contribution in [1.82, 2.24) is 0 Å². The van der Waals surface area contributed by atoms with Crippen molar-refractivity contribution in [3.05, 3.63) is 53.3 Å². The van der Waals surface area contributed by atoms with Gasteiger partial charge in [-0.2, -0.15) is 0 Å². The second-order valence-corrected chi connectivity index (χ2v) is 4.91. The first-order valence-corrected chi connectivity index (χ1v) is 7.26. The van der Waals surface area contributed by atoms with Gasteiger partial charge in [-0.3, -0.25) is 4.79 Å². The van der Waals surface area contributed by atoms with Crippen LogP contribution < -0.4 is 14.2 Å². The Hall–Kier alpha value is -3.09. The summed E-state index contributed by atoms with van der Waals surface area (Å²) in [4.78, 5) is 24.2. The van der Waals surface area contributed by atoms with E-state index >= 15 is 0 Å². The molecule has 0 aliphatic carbocycles. The zero-order valence-corrected chi connectivity index (χ0v) is 14.0. The van der Waals surface area contributed by atoms with E-state index in [1.165, 1.54) is 39.5 Å². The summed E-state index contributed by atoms with van der Waals surface area (Å²) in [5.41, 5.74) is 0.227. The summed E-state index contributed by atoms with van der Waals surface area (Å²) in [7, 11) is 4.22. The molecule has 0 amide bonds. The van der Waals surface area contributed by atoms with Crippen LogP contribution in [0.1, 0.15) is 20.7 Å². The summed E-state index contributed by atoms with van der Waals surface area (Å²) in [6.45, 7) is -0.505. The van der Waals surface area contributed by atoms with Gasteiger partial charge in [-0.05, 0) is 30.3 Å². The van der Waals surface area contributed by atoms with E-state index in [-0.39, 0.29) is 16.9 Å². The second-order valence-electron chi connectivity index (χ2n) is 4.91.